The second kappa shape index (κ2) is 11.3. The van der Waals surface area contributed by atoms with E-state index < -0.39 is 0 Å². The normalized spacial score (nSPS) is 17.8. The fraction of sp³-hybridized carbons (Fsp3) is 0.481. The van der Waals surface area contributed by atoms with Crippen molar-refractivity contribution in [1.29, 1.82) is 0 Å². The van der Waals surface area contributed by atoms with Crippen LogP contribution in [0, 0.1) is 5.92 Å². The Kier molecular flexibility index (Phi) is 7.73. The molecule has 0 saturated carbocycles. The lowest BCUT2D eigenvalue weighted by atomic mass is 9.90. The smallest absolute Gasteiger partial charge is 0.251 e. The number of nitrogens with zero attached hydrogens (tertiary/aromatic N) is 3. The fourth-order valence-corrected chi connectivity index (χ4v) is 5.97. The third-order valence-corrected chi connectivity index (χ3v) is 8.01. The molecule has 3 heterocycles. The van der Waals surface area contributed by atoms with Gasteiger partial charge in [0.05, 0.1) is 23.4 Å². The van der Waals surface area contributed by atoms with Crippen LogP contribution in [0.25, 0.3) is 10.2 Å². The third-order valence-electron chi connectivity index (χ3n) is 6.93. The summed E-state index contributed by atoms with van der Waals surface area (Å²) in [5.74, 6) is 0.800. The van der Waals surface area contributed by atoms with E-state index >= 15 is 0 Å². The molecule has 2 saturated heterocycles. The molecule has 6 nitrogen and oxygen atoms in total. The van der Waals surface area contributed by atoms with E-state index in [9.17, 15) is 4.79 Å². The van der Waals surface area contributed by atoms with Gasteiger partial charge in [0.15, 0.2) is 5.13 Å². The second-order valence-corrected chi connectivity index (χ2v) is 10.4. The molecule has 7 heteroatoms. The molecule has 1 amide bonds. The molecule has 1 N–H and O–H groups in total. The van der Waals surface area contributed by atoms with Gasteiger partial charge in [-0.15, -0.1) is 0 Å². The molecular weight excluding hydrogens is 444 g/mol. The molecule has 0 unspecified atom stereocenters. The summed E-state index contributed by atoms with van der Waals surface area (Å²) in [4.78, 5) is 22.2. The molecule has 2 aromatic carbocycles. The summed E-state index contributed by atoms with van der Waals surface area (Å²) in [6.07, 6.45) is 4.72. The molecule has 0 radical (unpaired) electrons. The number of ether oxygens (including phenoxy) is 1. The molecule has 0 atom stereocenters. The van der Waals surface area contributed by atoms with Gasteiger partial charge in [0.1, 0.15) is 0 Å². The average molecular weight is 479 g/mol. The lowest BCUT2D eigenvalue weighted by molar-refractivity contribution is 0.0950. The summed E-state index contributed by atoms with van der Waals surface area (Å²) in [5, 5.41) is 4.12. The number of anilines is 1. The first-order valence-corrected chi connectivity index (χ1v) is 13.3. The first kappa shape index (κ1) is 23.3. The van der Waals surface area contributed by atoms with Crippen molar-refractivity contribution in [2.24, 2.45) is 5.92 Å². The van der Waals surface area contributed by atoms with Crippen molar-refractivity contribution in [3.05, 3.63) is 59.7 Å². The van der Waals surface area contributed by atoms with E-state index in [1.165, 1.54) is 37.9 Å². The van der Waals surface area contributed by atoms with Gasteiger partial charge in [-0.2, -0.15) is 0 Å². The molecule has 2 aliphatic rings. The van der Waals surface area contributed by atoms with Gasteiger partial charge < -0.3 is 19.9 Å². The summed E-state index contributed by atoms with van der Waals surface area (Å²) in [6, 6.07) is 16.7. The number of thiazole rings is 1. The Morgan fingerprint density at radius 2 is 1.85 bits per heavy atom. The van der Waals surface area contributed by atoms with Crippen LogP contribution in [0.3, 0.4) is 0 Å². The number of rotatable bonds is 8. The summed E-state index contributed by atoms with van der Waals surface area (Å²) in [5.41, 5.74) is 3.13. The highest BCUT2D eigenvalue weighted by Gasteiger charge is 2.19. The molecule has 3 aromatic rings. The van der Waals surface area contributed by atoms with Gasteiger partial charge in [-0.25, -0.2) is 4.98 Å². The van der Waals surface area contributed by atoms with Crippen molar-refractivity contribution >= 4 is 32.6 Å². The Morgan fingerprint density at radius 3 is 2.65 bits per heavy atom. The number of morpholine rings is 1. The highest BCUT2D eigenvalue weighted by atomic mass is 32.1. The summed E-state index contributed by atoms with van der Waals surface area (Å²) < 4.78 is 6.50. The van der Waals surface area contributed by atoms with Crippen molar-refractivity contribution in [2.45, 2.75) is 25.7 Å². The summed E-state index contributed by atoms with van der Waals surface area (Å²) >= 11 is 1.66. The van der Waals surface area contributed by atoms with Gasteiger partial charge in [-0.3, -0.25) is 4.79 Å². The number of carbonyl (C=O) groups is 1. The van der Waals surface area contributed by atoms with E-state index in [4.69, 9.17) is 9.72 Å². The van der Waals surface area contributed by atoms with E-state index in [1.54, 1.807) is 11.3 Å². The van der Waals surface area contributed by atoms with E-state index in [2.05, 4.69) is 45.4 Å². The van der Waals surface area contributed by atoms with Crippen molar-refractivity contribution in [1.82, 2.24) is 15.2 Å². The molecule has 0 spiro atoms. The van der Waals surface area contributed by atoms with Crippen LogP contribution < -0.4 is 10.2 Å². The zero-order chi connectivity index (χ0) is 23.2. The Hall–Kier alpha value is -2.48. The van der Waals surface area contributed by atoms with Crippen LogP contribution in [0.5, 0.6) is 0 Å². The van der Waals surface area contributed by atoms with Crippen LogP contribution in [0.4, 0.5) is 5.13 Å². The summed E-state index contributed by atoms with van der Waals surface area (Å²) in [6.45, 7) is 7.33. The Morgan fingerprint density at radius 1 is 1.06 bits per heavy atom. The minimum atomic E-state index is 0.00444. The Labute approximate surface area is 205 Å². The molecular formula is C27H34N4O2S. The molecule has 0 aliphatic carbocycles. The van der Waals surface area contributed by atoms with Crippen molar-refractivity contribution in [3.63, 3.8) is 0 Å². The van der Waals surface area contributed by atoms with E-state index in [1.807, 2.05) is 18.2 Å². The minimum absolute atomic E-state index is 0.00444. The first-order chi connectivity index (χ1) is 16.7. The highest BCUT2D eigenvalue weighted by Crippen LogP contribution is 2.30. The third kappa shape index (κ3) is 5.95. The van der Waals surface area contributed by atoms with Gasteiger partial charge in [-0.05, 0) is 75.0 Å². The minimum Gasteiger partial charge on any atom is -0.378 e. The zero-order valence-electron chi connectivity index (χ0n) is 19.7. The fourth-order valence-electron chi connectivity index (χ4n) is 4.91. The van der Waals surface area contributed by atoms with E-state index in [0.29, 0.717) is 12.1 Å². The van der Waals surface area contributed by atoms with E-state index in [-0.39, 0.29) is 5.91 Å². The monoisotopic (exact) mass is 478 g/mol. The number of fused-ring (bicyclic) bond motifs is 1. The highest BCUT2D eigenvalue weighted by molar-refractivity contribution is 7.22. The molecule has 1 aromatic heterocycles. The van der Waals surface area contributed by atoms with Crippen molar-refractivity contribution in [2.75, 3.05) is 57.4 Å². The molecule has 2 aliphatic heterocycles. The quantitative estimate of drug-likeness (QED) is 0.492. The van der Waals surface area contributed by atoms with Crippen LogP contribution in [-0.2, 0) is 11.2 Å². The van der Waals surface area contributed by atoms with Crippen LogP contribution in [0.1, 0.15) is 35.2 Å². The van der Waals surface area contributed by atoms with Gasteiger partial charge in [-0.1, -0.05) is 41.7 Å². The number of piperidine rings is 1. The Bertz CT molecular complexity index is 1070. The predicted octanol–water partition coefficient (Wildman–Crippen LogP) is 4.21. The second-order valence-electron chi connectivity index (χ2n) is 9.36. The first-order valence-electron chi connectivity index (χ1n) is 12.5. The lowest BCUT2D eigenvalue weighted by Gasteiger charge is -2.32. The number of likely N-dealkylation sites (tertiary alicyclic amines) is 1. The lowest BCUT2D eigenvalue weighted by Crippen LogP contribution is -2.36. The van der Waals surface area contributed by atoms with Crippen LogP contribution in [0.15, 0.2) is 48.5 Å². The SMILES string of the molecule is O=C(NCCCN1CCC(Cc2ccccc2)CC1)c1ccc2nc(N3CCOCC3)sc2c1. The molecule has 2 fully saturated rings. The maximum absolute atomic E-state index is 12.7. The predicted molar refractivity (Wildman–Crippen MR) is 139 cm³/mol. The summed E-state index contributed by atoms with van der Waals surface area (Å²) in [7, 11) is 0. The number of amides is 1. The van der Waals surface area contributed by atoms with Crippen molar-refractivity contribution < 1.29 is 9.53 Å². The standard InChI is InChI=1S/C27H34N4O2S/c32-26(23-7-8-24-25(20-23)34-27(29-24)31-15-17-33-18-16-31)28-11-4-12-30-13-9-22(10-14-30)19-21-5-2-1-3-6-21/h1-3,5-8,20,22H,4,9-19H2,(H,28,32). The van der Waals surface area contributed by atoms with Gasteiger partial charge in [0.25, 0.3) is 5.91 Å². The van der Waals surface area contributed by atoms with Crippen LogP contribution >= 0.6 is 11.3 Å². The van der Waals surface area contributed by atoms with Gasteiger partial charge in [0, 0.05) is 25.2 Å². The average Bonchev–Trinajstić information content (AvgIpc) is 3.32. The number of benzene rings is 2. The number of carbonyl (C=O) groups excluding carboxylic acids is 1. The maximum Gasteiger partial charge on any atom is 0.251 e. The van der Waals surface area contributed by atoms with Crippen LogP contribution in [0.2, 0.25) is 0 Å². The molecule has 180 valence electrons. The molecule has 0 bridgehead atoms. The molecule has 34 heavy (non-hydrogen) atoms. The Balaban J connectivity index is 1.04. The van der Waals surface area contributed by atoms with Crippen LogP contribution in [-0.4, -0.2) is 68.3 Å². The molecule has 5 rings (SSSR count). The van der Waals surface area contributed by atoms with E-state index in [0.717, 1.165) is 60.5 Å². The zero-order valence-corrected chi connectivity index (χ0v) is 20.6. The maximum atomic E-state index is 12.7. The number of aromatic nitrogens is 1. The topological polar surface area (TPSA) is 57.7 Å². The van der Waals surface area contributed by atoms with Gasteiger partial charge >= 0.3 is 0 Å². The van der Waals surface area contributed by atoms with Crippen molar-refractivity contribution in [3.8, 4) is 0 Å². The largest absolute Gasteiger partial charge is 0.378 e. The number of nitrogens with one attached hydrogen (secondary N) is 1. The number of hydrogen-bond acceptors (Lipinski definition) is 6. The van der Waals surface area contributed by atoms with Gasteiger partial charge in [0.2, 0.25) is 0 Å². The number of hydrogen-bond donors (Lipinski definition) is 1.